The van der Waals surface area contributed by atoms with Crippen molar-refractivity contribution in [2.75, 3.05) is 83.2 Å². The molecule has 2 aromatic carbocycles. The number of hydrogen-bond acceptors (Lipinski definition) is 20. The van der Waals surface area contributed by atoms with Crippen molar-refractivity contribution in [3.8, 4) is 11.5 Å². The number of rotatable bonds is 15. The Kier molecular flexibility index (Phi) is 20.6. The number of anilines is 2. The number of nitrogens with one attached hydrogen (secondary N) is 1. The lowest BCUT2D eigenvalue weighted by atomic mass is 9.46. The van der Waals surface area contributed by atoms with Crippen molar-refractivity contribution in [1.82, 2.24) is 19.4 Å². The van der Waals surface area contributed by atoms with E-state index in [1.54, 1.807) is 45.1 Å². The van der Waals surface area contributed by atoms with Crippen molar-refractivity contribution >= 4 is 68.3 Å². The van der Waals surface area contributed by atoms with E-state index in [9.17, 15) is 74.1 Å². The predicted molar refractivity (Wildman–Crippen MR) is 425 cm³/mol. The molecule has 5 unspecified atom stereocenters. The van der Waals surface area contributed by atoms with Gasteiger partial charge in [-0.15, -0.1) is 0 Å². The molecule has 6 heterocycles. The van der Waals surface area contributed by atoms with Gasteiger partial charge in [-0.2, -0.15) is 0 Å². The molecule has 18 atom stereocenters. The molecule has 115 heavy (non-hydrogen) atoms. The molecule has 2 aromatic heterocycles. The van der Waals surface area contributed by atoms with Gasteiger partial charge in [0.25, 0.3) is 0 Å². The van der Waals surface area contributed by atoms with Crippen molar-refractivity contribution in [2.45, 2.75) is 219 Å². The number of halogens is 2. The molecule has 620 valence electrons. The molecule has 4 saturated heterocycles. The van der Waals surface area contributed by atoms with E-state index in [-0.39, 0.29) is 140 Å². The highest BCUT2D eigenvalue weighted by atomic mass is 19.1. The third kappa shape index (κ3) is 12.4. The number of aromatic carboxylic acids is 2. The molecule has 0 spiro atoms. The Morgan fingerprint density at radius 2 is 1.04 bits per heavy atom. The quantitative estimate of drug-likeness (QED) is 0.0548. The highest BCUT2D eigenvalue weighted by Gasteiger charge is 2.70. The maximum atomic E-state index is 16.7. The van der Waals surface area contributed by atoms with Gasteiger partial charge in [0, 0.05) is 113 Å². The number of piperidine rings is 2. The highest BCUT2D eigenvalue weighted by Crippen LogP contribution is 2.69. The minimum Gasteiger partial charge on any atom is -0.492 e. The maximum Gasteiger partial charge on any atom is 0.341 e. The molecule has 12 fully saturated rings. The molecule has 14 aliphatic rings. The largest absolute Gasteiger partial charge is 0.492 e. The summed E-state index contributed by atoms with van der Waals surface area (Å²) in [7, 11) is 2.96. The molecule has 0 radical (unpaired) electrons. The Morgan fingerprint density at radius 3 is 1.49 bits per heavy atom. The van der Waals surface area contributed by atoms with Crippen molar-refractivity contribution in [1.29, 1.82) is 0 Å². The van der Waals surface area contributed by atoms with Crippen LogP contribution in [0.4, 0.5) is 20.2 Å². The molecule has 0 bridgehead atoms. The number of methoxy groups -OCH3 is 2. The van der Waals surface area contributed by atoms with Crippen molar-refractivity contribution in [3.63, 3.8) is 0 Å². The van der Waals surface area contributed by atoms with Crippen LogP contribution >= 0.6 is 0 Å². The summed E-state index contributed by atoms with van der Waals surface area (Å²) in [6, 6.07) is 0.387. The summed E-state index contributed by atoms with van der Waals surface area (Å²) in [6.45, 7) is 17.9. The zero-order valence-corrected chi connectivity index (χ0v) is 67.8. The van der Waals surface area contributed by atoms with E-state index < -0.39 is 86.5 Å². The molecule has 8 N–H and O–H groups in total. The number of carboxylic acid groups (broad SMARTS) is 2. The number of likely N-dealkylation sites (tertiary alicyclic amines) is 1. The van der Waals surface area contributed by atoms with Gasteiger partial charge < -0.3 is 74.2 Å². The van der Waals surface area contributed by atoms with E-state index in [1.807, 2.05) is 44.9 Å². The molecular weight excluding hydrogens is 1480 g/mol. The molecular formula is C89H112F2N6O18. The number of fused-ring (bicyclic) bond motifs is 14. The first kappa shape index (κ1) is 80.9. The van der Waals surface area contributed by atoms with E-state index in [2.05, 4.69) is 24.1 Å². The second-order valence-corrected chi connectivity index (χ2v) is 37.2. The van der Waals surface area contributed by atoms with Crippen LogP contribution < -0.4 is 35.4 Å². The number of aliphatic hydroxyl groups excluding tert-OH is 3. The minimum absolute atomic E-state index is 0.00912. The number of ketones is 4. The Balaban J connectivity index is 0.000000145. The number of carbonyl (C=O) groups is 6. The number of Topliss-reactive ketones (excluding diaryl/α,β-unsaturated/α-hetero) is 2. The first-order valence-corrected chi connectivity index (χ1v) is 41.9. The number of benzene rings is 2. The summed E-state index contributed by atoms with van der Waals surface area (Å²) in [5, 5.41) is 79.1. The van der Waals surface area contributed by atoms with Gasteiger partial charge in [0.2, 0.25) is 10.9 Å². The van der Waals surface area contributed by atoms with Gasteiger partial charge in [0.15, 0.2) is 46.3 Å². The summed E-state index contributed by atoms with van der Waals surface area (Å²) in [5.74, 6) is -3.07. The van der Waals surface area contributed by atoms with Crippen LogP contribution in [0, 0.1) is 108 Å². The zero-order chi connectivity index (χ0) is 82.1. The fraction of sp³-hybridized carbons (Fsp3) is 0.640. The molecule has 10 aliphatic carbocycles. The van der Waals surface area contributed by atoms with Crippen molar-refractivity contribution in [3.05, 3.63) is 113 Å². The molecule has 18 rings (SSSR count). The summed E-state index contributed by atoms with van der Waals surface area (Å²) < 4.78 is 54.2. The van der Waals surface area contributed by atoms with Crippen LogP contribution in [0.5, 0.6) is 11.5 Å². The zero-order valence-electron chi connectivity index (χ0n) is 67.8. The summed E-state index contributed by atoms with van der Waals surface area (Å²) in [4.78, 5) is 108. The summed E-state index contributed by atoms with van der Waals surface area (Å²) in [5.41, 5.74) is -2.70. The predicted octanol–water partition coefficient (Wildman–Crippen LogP) is 9.80. The van der Waals surface area contributed by atoms with Gasteiger partial charge in [-0.05, 0) is 210 Å². The monoisotopic (exact) mass is 1590 g/mol. The molecule has 8 saturated carbocycles. The molecule has 24 nitrogen and oxygen atoms in total. The van der Waals surface area contributed by atoms with Gasteiger partial charge in [0.05, 0.1) is 55.0 Å². The van der Waals surface area contributed by atoms with Gasteiger partial charge in [-0.3, -0.25) is 33.7 Å². The number of allylic oxidation sites excluding steroid dienone is 8. The number of pyridine rings is 2. The van der Waals surface area contributed by atoms with Crippen LogP contribution in [-0.2, 0) is 23.9 Å². The Labute approximate surface area is 667 Å². The Morgan fingerprint density at radius 1 is 0.591 bits per heavy atom. The van der Waals surface area contributed by atoms with Crippen LogP contribution in [-0.4, -0.2) is 194 Å². The lowest BCUT2D eigenvalue weighted by molar-refractivity contribution is -0.181. The van der Waals surface area contributed by atoms with Crippen LogP contribution in [0.25, 0.3) is 21.8 Å². The van der Waals surface area contributed by atoms with Crippen LogP contribution in [0.3, 0.4) is 0 Å². The van der Waals surface area contributed by atoms with Gasteiger partial charge in [-0.25, -0.2) is 18.4 Å². The summed E-state index contributed by atoms with van der Waals surface area (Å²) >= 11 is 0. The lowest BCUT2D eigenvalue weighted by Crippen LogP contribution is -2.61. The van der Waals surface area contributed by atoms with E-state index in [0.29, 0.717) is 97.6 Å². The standard InChI is InChI=1S/C45H56FN3O9.C23H28FN3O4.C21H28O5/c1-23-34-38(49(27-9-10-27)24(2)35(40(34)53)42(54)55)41(57-5)39(37(23)46)48-19-25-7-6-16-47(31(25)20-48)22-58-21-33(52)45(56)15-13-30-29-11-8-26-17-28(50)12-14-43(26,3)36(29)32(51)18-44(30,45)4;1-11-16-19(27(14-6-7-14)12(2)17(21(16)28)23(29)30)22(31-3)20(18(11)24)26-9-13-5-4-8-25-15(13)10-26;1-19-7-5-13(23)9-12(19)3-4-14-15-6-8-21(26,17(25)11-22)20(15,2)10-16(24)18(14)19/h12,14,17,25,27,29-32,36,51,56H,6-11,13,15-16,18-22H2,1-5H3,(H,54,55);13-15,25H,4-10H2,1-3H3,(H,29,30);5,7,9,14-16,18,22,24,26H,3-4,6,8,10-11H2,1-2H3/t25?,29-,30-,31?,32-,36?,43-,44-,45-;;14-,15-,16-,18+,19-,20-,21-/m0.0/s1. The van der Waals surface area contributed by atoms with E-state index in [4.69, 9.17) is 14.2 Å². The highest BCUT2D eigenvalue weighted by molar-refractivity contribution is 6.03. The van der Waals surface area contributed by atoms with Crippen LogP contribution in [0.15, 0.2) is 57.2 Å². The van der Waals surface area contributed by atoms with Gasteiger partial charge >= 0.3 is 11.9 Å². The third-order valence-electron chi connectivity index (χ3n) is 31.6. The fourth-order valence-corrected chi connectivity index (χ4v) is 25.7. The van der Waals surface area contributed by atoms with Crippen molar-refractivity contribution in [2.24, 2.45) is 69.0 Å². The van der Waals surface area contributed by atoms with Crippen molar-refractivity contribution < 1.29 is 87.5 Å². The van der Waals surface area contributed by atoms with E-state index in [1.165, 1.54) is 21.1 Å². The van der Waals surface area contributed by atoms with Crippen LogP contribution in [0.1, 0.15) is 199 Å². The van der Waals surface area contributed by atoms with Gasteiger partial charge in [-0.1, -0.05) is 51.0 Å². The number of aliphatic hydroxyl groups is 5. The first-order valence-electron chi connectivity index (χ1n) is 41.9. The normalized spacial score (nSPS) is 35.6. The molecule has 4 aliphatic heterocycles. The SMILES string of the molecule is COc1c(N2CC3CCCN(COCC(=O)[C@@]4(O)CC[C@H]5[C@@H]6CCC7=CC(=O)C=C[C@]7(C)C6[C@@H](O)C[C@@]54C)C3C2)c(F)c(C)c2c(=O)c(C(=O)O)c(C)n(C3CC3)c12.COc1c(N2CC3CCCNC3C2)c(F)c(C)c2c(=O)c(C(=O)O)c(C)n(C3CC3)c12.C[C@]12C=CC(=O)C=C1CC[C@@H]1[C@@H]2[C@@H](O)C[C@@]2(C)[C@H]1CC[C@]2(O)C(=O)CO. The molecule has 4 aromatic rings. The average molecular weight is 1590 g/mol. The number of aromatic nitrogens is 2. The molecule has 26 heteroatoms. The number of hydrogen-bond donors (Lipinski definition) is 8. The minimum atomic E-state index is -1.64. The second-order valence-electron chi connectivity index (χ2n) is 37.2. The lowest BCUT2D eigenvalue weighted by Gasteiger charge is -2.59. The van der Waals surface area contributed by atoms with Gasteiger partial charge in [0.1, 0.15) is 46.9 Å². The van der Waals surface area contributed by atoms with E-state index >= 15 is 8.78 Å². The number of aryl methyl sites for hydroxylation is 2. The van der Waals surface area contributed by atoms with Crippen LogP contribution in [0.2, 0.25) is 0 Å². The Hall–Kier alpha value is -7.82. The maximum absolute atomic E-state index is 16.7. The number of carbonyl (C=O) groups excluding carboxylic acids is 4. The third-order valence-corrected chi connectivity index (χ3v) is 31.6. The Bertz CT molecular complexity index is 5020. The first-order chi connectivity index (χ1) is 54.6. The fourth-order valence-electron chi connectivity index (χ4n) is 25.7. The average Bonchev–Trinajstić information content (AvgIpc) is 1.61. The number of nitrogens with zero attached hydrogens (tertiary/aromatic N) is 5. The second kappa shape index (κ2) is 29.3. The number of ether oxygens (including phenoxy) is 3. The topological polar surface area (TPSA) is 337 Å². The molecule has 0 amide bonds. The smallest absolute Gasteiger partial charge is 0.341 e. The number of carboxylic acids is 2. The van der Waals surface area contributed by atoms with E-state index in [0.717, 1.165) is 114 Å². The summed E-state index contributed by atoms with van der Waals surface area (Å²) in [6.07, 6.45) is 22.6.